The summed E-state index contributed by atoms with van der Waals surface area (Å²) in [5.74, 6) is 0.978. The summed E-state index contributed by atoms with van der Waals surface area (Å²) < 4.78 is 5.59. The van der Waals surface area contributed by atoms with Gasteiger partial charge in [0.2, 0.25) is 0 Å². The molecule has 3 aromatic rings. The Kier molecular flexibility index (Phi) is 7.69. The van der Waals surface area contributed by atoms with E-state index in [9.17, 15) is 4.79 Å². The van der Waals surface area contributed by atoms with E-state index in [4.69, 9.17) is 4.74 Å². The first kappa shape index (κ1) is 24.0. The number of amides is 1. The quantitative estimate of drug-likeness (QED) is 0.432. The van der Waals surface area contributed by atoms with Crippen molar-refractivity contribution in [3.63, 3.8) is 0 Å². The molecule has 4 heteroatoms. The molecule has 1 fully saturated rings. The summed E-state index contributed by atoms with van der Waals surface area (Å²) in [6.45, 7) is 8.41. The second-order valence-electron chi connectivity index (χ2n) is 9.10. The molecule has 0 spiro atoms. The first-order chi connectivity index (χ1) is 16.6. The largest absolute Gasteiger partial charge is 0.497 e. The molecule has 1 aliphatic heterocycles. The van der Waals surface area contributed by atoms with E-state index in [0.717, 1.165) is 49.4 Å². The van der Waals surface area contributed by atoms with E-state index in [-0.39, 0.29) is 11.3 Å². The fourth-order valence-corrected chi connectivity index (χ4v) is 5.34. The zero-order chi connectivity index (χ0) is 24.0. The van der Waals surface area contributed by atoms with Gasteiger partial charge in [-0.3, -0.25) is 9.69 Å². The van der Waals surface area contributed by atoms with Crippen LogP contribution in [0, 0.1) is 0 Å². The van der Waals surface area contributed by atoms with Crippen LogP contribution in [0.1, 0.15) is 53.7 Å². The van der Waals surface area contributed by atoms with Crippen molar-refractivity contribution >= 4 is 5.91 Å². The molecule has 4 rings (SSSR count). The maximum atomic E-state index is 13.6. The molecule has 1 saturated heterocycles. The topological polar surface area (TPSA) is 32.8 Å². The minimum Gasteiger partial charge on any atom is -0.497 e. The van der Waals surface area contributed by atoms with Gasteiger partial charge < -0.3 is 9.64 Å². The van der Waals surface area contributed by atoms with Crippen LogP contribution in [0.5, 0.6) is 5.75 Å². The van der Waals surface area contributed by atoms with Crippen LogP contribution in [0.15, 0.2) is 78.9 Å². The molecule has 0 aromatic heterocycles. The zero-order valence-corrected chi connectivity index (χ0v) is 20.7. The van der Waals surface area contributed by atoms with Crippen LogP contribution in [0.2, 0.25) is 0 Å². The average Bonchev–Trinajstić information content (AvgIpc) is 2.90. The summed E-state index contributed by atoms with van der Waals surface area (Å²) in [5.41, 5.74) is 4.30. The molecule has 0 unspecified atom stereocenters. The van der Waals surface area contributed by atoms with E-state index in [0.29, 0.717) is 13.1 Å². The lowest BCUT2D eigenvalue weighted by molar-refractivity contribution is 0.0768. The Bertz CT molecular complexity index is 1080. The molecule has 34 heavy (non-hydrogen) atoms. The van der Waals surface area contributed by atoms with E-state index in [1.54, 1.807) is 7.11 Å². The van der Waals surface area contributed by atoms with Crippen LogP contribution in [0.4, 0.5) is 0 Å². The molecule has 0 saturated carbocycles. The van der Waals surface area contributed by atoms with Gasteiger partial charge in [0.1, 0.15) is 5.75 Å². The first-order valence-corrected chi connectivity index (χ1v) is 12.4. The van der Waals surface area contributed by atoms with Crippen molar-refractivity contribution in [2.75, 3.05) is 33.3 Å². The van der Waals surface area contributed by atoms with Gasteiger partial charge in [0, 0.05) is 30.6 Å². The van der Waals surface area contributed by atoms with Crippen molar-refractivity contribution in [3.05, 3.63) is 101 Å². The third-order valence-corrected chi connectivity index (χ3v) is 7.30. The Morgan fingerprint density at radius 3 is 2.26 bits per heavy atom. The molecule has 178 valence electrons. The minimum atomic E-state index is -0.235. The van der Waals surface area contributed by atoms with Crippen LogP contribution < -0.4 is 4.74 Å². The maximum absolute atomic E-state index is 13.6. The summed E-state index contributed by atoms with van der Waals surface area (Å²) in [7, 11) is 1.71. The van der Waals surface area contributed by atoms with Gasteiger partial charge in [0.05, 0.1) is 7.11 Å². The van der Waals surface area contributed by atoms with Crippen molar-refractivity contribution in [3.8, 4) is 5.75 Å². The van der Waals surface area contributed by atoms with Gasteiger partial charge in [-0.2, -0.15) is 0 Å². The lowest BCUT2D eigenvalue weighted by Gasteiger charge is -2.44. The molecular formula is C30H36N2O2. The summed E-state index contributed by atoms with van der Waals surface area (Å²) in [6, 6.07) is 27.3. The van der Waals surface area contributed by atoms with Gasteiger partial charge in [-0.25, -0.2) is 0 Å². The lowest BCUT2D eigenvalue weighted by atomic mass is 9.66. The number of carbonyl (C=O) groups excluding carboxylic acids is 1. The molecular weight excluding hydrogens is 420 g/mol. The van der Waals surface area contributed by atoms with Gasteiger partial charge in [0.25, 0.3) is 5.91 Å². The van der Waals surface area contributed by atoms with Gasteiger partial charge in [0.15, 0.2) is 0 Å². The van der Waals surface area contributed by atoms with Gasteiger partial charge in [-0.15, -0.1) is 0 Å². The molecule has 1 aliphatic rings. The highest BCUT2D eigenvalue weighted by molar-refractivity contribution is 5.96. The van der Waals surface area contributed by atoms with Crippen LogP contribution in [0.3, 0.4) is 0 Å². The van der Waals surface area contributed by atoms with Crippen molar-refractivity contribution in [1.82, 2.24) is 9.80 Å². The number of piperidine rings is 1. The molecule has 0 aliphatic carbocycles. The summed E-state index contributed by atoms with van der Waals surface area (Å²) in [6.07, 6.45) is 1.91. The number of nitrogens with zero attached hydrogens (tertiary/aromatic N) is 2. The Morgan fingerprint density at radius 1 is 0.912 bits per heavy atom. The van der Waals surface area contributed by atoms with Crippen molar-refractivity contribution < 1.29 is 9.53 Å². The van der Waals surface area contributed by atoms with Gasteiger partial charge in [-0.1, -0.05) is 60.7 Å². The predicted molar refractivity (Wildman–Crippen MR) is 138 cm³/mol. The van der Waals surface area contributed by atoms with Gasteiger partial charge >= 0.3 is 0 Å². The Morgan fingerprint density at radius 2 is 1.59 bits per heavy atom. The highest BCUT2D eigenvalue weighted by Gasteiger charge is 2.40. The highest BCUT2D eigenvalue weighted by Crippen LogP contribution is 2.44. The number of rotatable bonds is 8. The Labute approximate surface area is 204 Å². The number of ether oxygens (including phenoxy) is 1. The first-order valence-electron chi connectivity index (χ1n) is 12.4. The SMILES string of the molecule is CCN(CC)C(=O)c1ccccc1C1(c2cccc(OC)c2)CCN(Cc2ccccc2)CC1. The fraction of sp³-hybridized carbons (Fsp3) is 0.367. The number of benzene rings is 3. The van der Waals surface area contributed by atoms with Crippen LogP contribution >= 0.6 is 0 Å². The number of hydrogen-bond donors (Lipinski definition) is 0. The van der Waals surface area contributed by atoms with E-state index in [2.05, 4.69) is 65.6 Å². The van der Waals surface area contributed by atoms with Crippen LogP contribution in [-0.4, -0.2) is 49.0 Å². The average molecular weight is 457 g/mol. The number of carbonyl (C=O) groups is 1. The normalized spacial score (nSPS) is 15.6. The molecule has 0 bridgehead atoms. The second kappa shape index (κ2) is 10.9. The monoisotopic (exact) mass is 456 g/mol. The number of likely N-dealkylation sites (tertiary alicyclic amines) is 1. The second-order valence-corrected chi connectivity index (χ2v) is 9.10. The number of methoxy groups -OCH3 is 1. The summed E-state index contributed by atoms with van der Waals surface area (Å²) in [4.78, 5) is 18.0. The van der Waals surface area contributed by atoms with E-state index in [1.807, 2.05) is 36.9 Å². The molecule has 1 amide bonds. The maximum Gasteiger partial charge on any atom is 0.254 e. The number of hydrogen-bond acceptors (Lipinski definition) is 3. The minimum absolute atomic E-state index is 0.120. The van der Waals surface area contributed by atoms with E-state index >= 15 is 0 Å². The molecule has 0 radical (unpaired) electrons. The summed E-state index contributed by atoms with van der Waals surface area (Å²) in [5, 5.41) is 0. The highest BCUT2D eigenvalue weighted by atomic mass is 16.5. The Balaban J connectivity index is 1.73. The van der Waals surface area contributed by atoms with Crippen molar-refractivity contribution in [2.45, 2.75) is 38.6 Å². The Hall–Kier alpha value is -3.11. The van der Waals surface area contributed by atoms with Crippen molar-refractivity contribution in [1.29, 1.82) is 0 Å². The lowest BCUT2D eigenvalue weighted by Crippen LogP contribution is -2.44. The molecule has 0 N–H and O–H groups in total. The van der Waals surface area contributed by atoms with E-state index in [1.165, 1.54) is 11.1 Å². The standard InChI is InChI=1S/C30H36N2O2/c1-4-32(5-2)29(33)27-16-9-10-17-28(27)30(25-14-11-15-26(22-25)34-3)18-20-31(21-19-30)23-24-12-7-6-8-13-24/h6-17,22H,4-5,18-21,23H2,1-3H3. The third kappa shape index (κ3) is 4.88. The molecule has 3 aromatic carbocycles. The molecule has 4 nitrogen and oxygen atoms in total. The van der Waals surface area contributed by atoms with Gasteiger partial charge in [-0.05, 0) is 74.7 Å². The van der Waals surface area contributed by atoms with Crippen LogP contribution in [-0.2, 0) is 12.0 Å². The predicted octanol–water partition coefficient (Wildman–Crippen LogP) is 5.76. The van der Waals surface area contributed by atoms with E-state index < -0.39 is 0 Å². The molecule has 0 atom stereocenters. The fourth-order valence-electron chi connectivity index (χ4n) is 5.34. The van der Waals surface area contributed by atoms with Crippen molar-refractivity contribution in [2.24, 2.45) is 0 Å². The smallest absolute Gasteiger partial charge is 0.254 e. The zero-order valence-electron chi connectivity index (χ0n) is 20.7. The molecule has 1 heterocycles. The van der Waals surface area contributed by atoms with Crippen LogP contribution in [0.25, 0.3) is 0 Å². The third-order valence-electron chi connectivity index (χ3n) is 7.30. The summed E-state index contributed by atoms with van der Waals surface area (Å²) >= 11 is 0.